The summed E-state index contributed by atoms with van der Waals surface area (Å²) in [7, 11) is 0. The Labute approximate surface area is 137 Å². The number of aliphatic carboxylic acids is 1. The second-order valence-corrected chi connectivity index (χ2v) is 5.74. The highest BCUT2D eigenvalue weighted by Crippen LogP contribution is 2.16. The van der Waals surface area contributed by atoms with Gasteiger partial charge in [-0.2, -0.15) is 0 Å². The lowest BCUT2D eigenvalue weighted by Gasteiger charge is -2.23. The third kappa shape index (κ3) is 5.56. The number of benzene rings is 1. The minimum absolute atomic E-state index is 0.347. The van der Waals surface area contributed by atoms with Gasteiger partial charge in [-0.3, -0.25) is 4.79 Å². The number of unbranched alkanes of at least 4 members (excludes halogenated alkanes) is 1. The lowest BCUT2D eigenvalue weighted by molar-refractivity contribution is -0.155. The molecule has 0 saturated carbocycles. The van der Waals surface area contributed by atoms with Crippen LogP contribution >= 0.6 is 0 Å². The SMILES string of the molecule is CCCCN(CC)c1ccc(C(=O)NCC(C)(O)C(=O)O)cc1. The van der Waals surface area contributed by atoms with Gasteiger partial charge in [0.1, 0.15) is 0 Å². The van der Waals surface area contributed by atoms with Crippen LogP contribution in [0.25, 0.3) is 0 Å². The Bertz CT molecular complexity index is 526. The number of anilines is 1. The number of nitrogens with zero attached hydrogens (tertiary/aromatic N) is 1. The molecule has 0 heterocycles. The molecule has 0 spiro atoms. The van der Waals surface area contributed by atoms with Gasteiger partial charge in [0.25, 0.3) is 5.91 Å². The molecule has 1 aromatic rings. The van der Waals surface area contributed by atoms with Crippen LogP contribution < -0.4 is 10.2 Å². The molecule has 0 fully saturated rings. The van der Waals surface area contributed by atoms with Crippen LogP contribution in [-0.4, -0.2) is 47.3 Å². The van der Waals surface area contributed by atoms with Crippen LogP contribution in [0.15, 0.2) is 24.3 Å². The summed E-state index contributed by atoms with van der Waals surface area (Å²) in [6.45, 7) is 6.90. The number of carbonyl (C=O) groups is 2. The molecule has 0 bridgehead atoms. The van der Waals surface area contributed by atoms with Gasteiger partial charge in [-0.15, -0.1) is 0 Å². The summed E-state index contributed by atoms with van der Waals surface area (Å²) in [5.41, 5.74) is -0.495. The maximum atomic E-state index is 12.0. The zero-order chi connectivity index (χ0) is 17.5. The van der Waals surface area contributed by atoms with Gasteiger partial charge in [0, 0.05) is 24.3 Å². The Morgan fingerprint density at radius 2 is 1.83 bits per heavy atom. The molecule has 6 heteroatoms. The normalized spacial score (nSPS) is 13.2. The predicted octanol–water partition coefficient (Wildman–Crippen LogP) is 1.88. The summed E-state index contributed by atoms with van der Waals surface area (Å²) >= 11 is 0. The van der Waals surface area contributed by atoms with Crippen molar-refractivity contribution < 1.29 is 19.8 Å². The third-order valence-electron chi connectivity index (χ3n) is 3.71. The molecule has 0 radical (unpaired) electrons. The summed E-state index contributed by atoms with van der Waals surface area (Å²) < 4.78 is 0. The van der Waals surface area contributed by atoms with E-state index >= 15 is 0 Å². The first-order chi connectivity index (χ1) is 10.8. The maximum Gasteiger partial charge on any atom is 0.337 e. The highest BCUT2D eigenvalue weighted by atomic mass is 16.4. The Morgan fingerprint density at radius 1 is 1.22 bits per heavy atom. The van der Waals surface area contributed by atoms with Crippen molar-refractivity contribution in [2.45, 2.75) is 39.2 Å². The largest absolute Gasteiger partial charge is 0.479 e. The average molecular weight is 322 g/mol. The minimum atomic E-state index is -1.98. The Morgan fingerprint density at radius 3 is 2.30 bits per heavy atom. The van der Waals surface area contributed by atoms with E-state index in [1.54, 1.807) is 12.1 Å². The molecular weight excluding hydrogens is 296 g/mol. The van der Waals surface area contributed by atoms with E-state index < -0.39 is 17.5 Å². The fraction of sp³-hybridized carbons (Fsp3) is 0.529. The number of aliphatic hydroxyl groups is 1. The van der Waals surface area contributed by atoms with Crippen LogP contribution in [-0.2, 0) is 4.79 Å². The number of nitrogens with one attached hydrogen (secondary N) is 1. The van der Waals surface area contributed by atoms with Crippen molar-refractivity contribution >= 4 is 17.6 Å². The molecule has 0 aliphatic rings. The summed E-state index contributed by atoms with van der Waals surface area (Å²) in [4.78, 5) is 25.0. The van der Waals surface area contributed by atoms with E-state index in [0.717, 1.165) is 38.5 Å². The third-order valence-corrected chi connectivity index (χ3v) is 3.71. The molecule has 128 valence electrons. The Balaban J connectivity index is 2.68. The second-order valence-electron chi connectivity index (χ2n) is 5.74. The second kappa shape index (κ2) is 8.53. The molecule has 1 amide bonds. The average Bonchev–Trinajstić information content (AvgIpc) is 2.54. The van der Waals surface area contributed by atoms with Crippen molar-refractivity contribution in [1.29, 1.82) is 0 Å². The number of carboxylic acids is 1. The monoisotopic (exact) mass is 322 g/mol. The van der Waals surface area contributed by atoms with Gasteiger partial charge in [0.05, 0.1) is 6.54 Å². The lowest BCUT2D eigenvalue weighted by Crippen LogP contribution is -2.46. The van der Waals surface area contributed by atoms with Crippen molar-refractivity contribution in [3.8, 4) is 0 Å². The lowest BCUT2D eigenvalue weighted by atomic mass is 10.1. The first-order valence-electron chi connectivity index (χ1n) is 7.90. The Hall–Kier alpha value is -2.08. The van der Waals surface area contributed by atoms with Crippen molar-refractivity contribution in [2.24, 2.45) is 0 Å². The maximum absolute atomic E-state index is 12.0. The van der Waals surface area contributed by atoms with Crippen molar-refractivity contribution in [2.75, 3.05) is 24.5 Å². The standard InChI is InChI=1S/C17H26N2O4/c1-4-6-11-19(5-2)14-9-7-13(8-10-14)15(20)18-12-17(3,23)16(21)22/h7-10,23H,4-6,11-12H2,1-3H3,(H,18,20)(H,21,22). The summed E-state index contributed by atoms with van der Waals surface area (Å²) in [5, 5.41) is 20.8. The highest BCUT2D eigenvalue weighted by Gasteiger charge is 2.30. The van der Waals surface area contributed by atoms with E-state index in [0.29, 0.717) is 5.56 Å². The molecule has 1 atom stereocenters. The van der Waals surface area contributed by atoms with E-state index in [4.69, 9.17) is 5.11 Å². The fourth-order valence-corrected chi connectivity index (χ4v) is 2.07. The smallest absolute Gasteiger partial charge is 0.337 e. The van der Waals surface area contributed by atoms with Gasteiger partial charge in [0.2, 0.25) is 0 Å². The predicted molar refractivity (Wildman–Crippen MR) is 89.8 cm³/mol. The van der Waals surface area contributed by atoms with Crippen molar-refractivity contribution in [1.82, 2.24) is 5.32 Å². The van der Waals surface area contributed by atoms with Crippen LogP contribution in [0.1, 0.15) is 44.0 Å². The molecule has 23 heavy (non-hydrogen) atoms. The molecule has 3 N–H and O–H groups in total. The van der Waals surface area contributed by atoms with Crippen LogP contribution in [0.4, 0.5) is 5.69 Å². The first-order valence-corrected chi connectivity index (χ1v) is 7.90. The summed E-state index contributed by atoms with van der Waals surface area (Å²) in [6.07, 6.45) is 2.24. The molecule has 0 aliphatic heterocycles. The quantitative estimate of drug-likeness (QED) is 0.646. The zero-order valence-electron chi connectivity index (χ0n) is 14.0. The van der Waals surface area contributed by atoms with Gasteiger partial charge in [-0.25, -0.2) is 4.79 Å². The molecule has 6 nitrogen and oxygen atoms in total. The highest BCUT2D eigenvalue weighted by molar-refractivity contribution is 5.95. The topological polar surface area (TPSA) is 89.9 Å². The van der Waals surface area contributed by atoms with Crippen LogP contribution in [0.3, 0.4) is 0 Å². The van der Waals surface area contributed by atoms with Gasteiger partial charge in [-0.1, -0.05) is 13.3 Å². The van der Waals surface area contributed by atoms with Gasteiger partial charge in [0.15, 0.2) is 5.60 Å². The number of rotatable bonds is 9. The van der Waals surface area contributed by atoms with Crippen LogP contribution in [0, 0.1) is 0 Å². The van der Waals surface area contributed by atoms with Gasteiger partial charge < -0.3 is 20.4 Å². The van der Waals surface area contributed by atoms with E-state index in [9.17, 15) is 14.7 Å². The summed E-state index contributed by atoms with van der Waals surface area (Å²) in [5.74, 6) is -1.78. The van der Waals surface area contributed by atoms with Gasteiger partial charge >= 0.3 is 5.97 Å². The number of amides is 1. The van der Waals surface area contributed by atoms with Crippen molar-refractivity contribution in [3.05, 3.63) is 29.8 Å². The van der Waals surface area contributed by atoms with Crippen molar-refractivity contribution in [3.63, 3.8) is 0 Å². The number of carbonyl (C=O) groups excluding carboxylic acids is 1. The van der Waals surface area contributed by atoms with E-state index in [-0.39, 0.29) is 6.54 Å². The Kier molecular flexibility index (Phi) is 7.03. The molecule has 1 rings (SSSR count). The molecule has 1 unspecified atom stereocenters. The molecule has 0 saturated heterocycles. The zero-order valence-corrected chi connectivity index (χ0v) is 14.0. The first kappa shape index (κ1) is 19.0. The summed E-state index contributed by atoms with van der Waals surface area (Å²) in [6, 6.07) is 7.16. The fourth-order valence-electron chi connectivity index (χ4n) is 2.07. The van der Waals surface area contributed by atoms with E-state index in [2.05, 4.69) is 24.1 Å². The molecular formula is C17H26N2O4. The van der Waals surface area contributed by atoms with Crippen LogP contribution in [0.5, 0.6) is 0 Å². The molecule has 0 aromatic heterocycles. The molecule has 0 aliphatic carbocycles. The number of hydrogen-bond donors (Lipinski definition) is 3. The number of carboxylic acid groups (broad SMARTS) is 1. The van der Waals surface area contributed by atoms with E-state index in [1.165, 1.54) is 0 Å². The molecule has 1 aromatic carbocycles. The van der Waals surface area contributed by atoms with E-state index in [1.807, 2.05) is 12.1 Å². The number of hydrogen-bond acceptors (Lipinski definition) is 4. The van der Waals surface area contributed by atoms with Gasteiger partial charge in [-0.05, 0) is 44.5 Å². The minimum Gasteiger partial charge on any atom is -0.479 e. The van der Waals surface area contributed by atoms with Crippen LogP contribution in [0.2, 0.25) is 0 Å².